The zero-order valence-electron chi connectivity index (χ0n) is 20.5. The summed E-state index contributed by atoms with van der Waals surface area (Å²) in [6.45, 7) is 1.82. The molecule has 4 aromatic rings. The van der Waals surface area contributed by atoms with Gasteiger partial charge in [-0.3, -0.25) is 9.59 Å². The fourth-order valence-corrected chi connectivity index (χ4v) is 4.48. The Bertz CT molecular complexity index is 1670. The van der Waals surface area contributed by atoms with Crippen molar-refractivity contribution in [3.63, 3.8) is 0 Å². The zero-order chi connectivity index (χ0) is 27.0. The fraction of sp³-hybridized carbons (Fsp3) is 0.0667. The van der Waals surface area contributed by atoms with E-state index in [2.05, 4.69) is 0 Å². The van der Waals surface area contributed by atoms with Crippen LogP contribution in [0, 0.1) is 6.92 Å². The molecule has 0 aromatic heterocycles. The Labute approximate surface area is 218 Å². The molecule has 4 aromatic carbocycles. The van der Waals surface area contributed by atoms with Gasteiger partial charge in [-0.2, -0.15) is 0 Å². The molecule has 0 bridgehead atoms. The number of ether oxygens (including phenoxy) is 1. The number of benzene rings is 4. The molecule has 8 nitrogen and oxygen atoms in total. The van der Waals surface area contributed by atoms with E-state index in [4.69, 9.17) is 4.74 Å². The van der Waals surface area contributed by atoms with Gasteiger partial charge in [0.2, 0.25) is 0 Å². The van der Waals surface area contributed by atoms with E-state index in [9.17, 15) is 24.3 Å². The number of barbiturate groups is 1. The third-order valence-corrected chi connectivity index (χ3v) is 6.27. The SMILES string of the molecule is COc1ccc(/C=C2/C(=O)N(c3cccc(C)c3)C(=O)N(c3cccc4ccccc34)C2=O)cc1C(=O)[O-]. The van der Waals surface area contributed by atoms with Gasteiger partial charge in [-0.15, -0.1) is 0 Å². The summed E-state index contributed by atoms with van der Waals surface area (Å²) in [6.07, 6.45) is 1.27. The van der Waals surface area contributed by atoms with Gasteiger partial charge >= 0.3 is 6.03 Å². The topological polar surface area (TPSA) is 107 Å². The normalized spacial score (nSPS) is 14.9. The van der Waals surface area contributed by atoms with Crippen molar-refractivity contribution in [2.75, 3.05) is 16.9 Å². The predicted octanol–water partition coefficient (Wildman–Crippen LogP) is 4.10. The van der Waals surface area contributed by atoms with Crippen LogP contribution in [0.5, 0.6) is 5.75 Å². The molecule has 4 amide bonds. The number of aryl methyl sites for hydroxylation is 1. The van der Waals surface area contributed by atoms with E-state index < -0.39 is 23.8 Å². The maximum absolute atomic E-state index is 13.8. The van der Waals surface area contributed by atoms with Crippen LogP contribution >= 0.6 is 0 Å². The molecule has 8 heteroatoms. The lowest BCUT2D eigenvalue weighted by Gasteiger charge is -2.34. The number of aromatic carboxylic acids is 1. The molecule has 0 radical (unpaired) electrons. The molecular weight excluding hydrogens is 484 g/mol. The Kier molecular flexibility index (Phi) is 6.22. The van der Waals surface area contributed by atoms with Gasteiger partial charge in [0.15, 0.2) is 0 Å². The Balaban J connectivity index is 1.72. The molecule has 1 saturated heterocycles. The van der Waals surface area contributed by atoms with Gasteiger partial charge in [0.25, 0.3) is 11.8 Å². The number of amides is 4. The standard InChI is InChI=1S/C30H22N2O6/c1-18-7-5-10-21(15-18)31-27(33)24(17-19-13-14-26(38-2)23(16-19)29(35)36)28(34)32(30(31)37)25-12-6-9-20-8-3-4-11-22(20)25/h3-17H,1-2H3,(H,35,36)/p-1/b24-17-. The highest BCUT2D eigenvalue weighted by atomic mass is 16.5. The van der Waals surface area contributed by atoms with Crippen LogP contribution in [0.3, 0.4) is 0 Å². The number of carboxylic acid groups (broad SMARTS) is 1. The highest BCUT2D eigenvalue weighted by Crippen LogP contribution is 2.34. The van der Waals surface area contributed by atoms with Crippen molar-refractivity contribution in [1.29, 1.82) is 0 Å². The number of hydrogen-bond donors (Lipinski definition) is 0. The third-order valence-electron chi connectivity index (χ3n) is 6.27. The minimum absolute atomic E-state index is 0.0717. The van der Waals surface area contributed by atoms with Crippen LogP contribution in [0.1, 0.15) is 21.5 Å². The minimum Gasteiger partial charge on any atom is -0.545 e. The van der Waals surface area contributed by atoms with Gasteiger partial charge in [-0.1, -0.05) is 54.6 Å². The van der Waals surface area contributed by atoms with Crippen LogP contribution in [0.2, 0.25) is 0 Å². The number of carboxylic acids is 1. The summed E-state index contributed by atoms with van der Waals surface area (Å²) in [5, 5.41) is 13.1. The van der Waals surface area contributed by atoms with Crippen LogP contribution in [0.15, 0.2) is 90.5 Å². The average Bonchev–Trinajstić information content (AvgIpc) is 2.91. The van der Waals surface area contributed by atoms with Crippen molar-refractivity contribution >= 4 is 52.0 Å². The monoisotopic (exact) mass is 505 g/mol. The van der Waals surface area contributed by atoms with Crippen molar-refractivity contribution in [3.05, 3.63) is 107 Å². The van der Waals surface area contributed by atoms with E-state index in [0.717, 1.165) is 20.7 Å². The maximum atomic E-state index is 13.8. The molecular formula is C30H21N2O6-. The highest BCUT2D eigenvalue weighted by molar-refractivity contribution is 6.46. The first kappa shape index (κ1) is 24.5. The largest absolute Gasteiger partial charge is 0.545 e. The van der Waals surface area contributed by atoms with Crippen molar-refractivity contribution in [1.82, 2.24) is 0 Å². The molecule has 1 aliphatic heterocycles. The van der Waals surface area contributed by atoms with Gasteiger partial charge < -0.3 is 14.6 Å². The first-order valence-corrected chi connectivity index (χ1v) is 11.7. The van der Waals surface area contributed by atoms with E-state index in [1.165, 1.54) is 31.4 Å². The van der Waals surface area contributed by atoms with E-state index in [1.54, 1.807) is 42.5 Å². The zero-order valence-corrected chi connectivity index (χ0v) is 20.5. The number of imide groups is 2. The second-order valence-electron chi connectivity index (χ2n) is 8.71. The van der Waals surface area contributed by atoms with E-state index in [0.29, 0.717) is 16.8 Å². The fourth-order valence-electron chi connectivity index (χ4n) is 4.48. The van der Waals surface area contributed by atoms with Crippen LogP contribution in [0.25, 0.3) is 16.8 Å². The van der Waals surface area contributed by atoms with Crippen molar-refractivity contribution < 1.29 is 29.0 Å². The quantitative estimate of drug-likeness (QED) is 0.299. The van der Waals surface area contributed by atoms with E-state index in [1.807, 2.05) is 31.2 Å². The Morgan fingerprint density at radius 3 is 2.29 bits per heavy atom. The lowest BCUT2D eigenvalue weighted by Crippen LogP contribution is -2.57. The molecule has 0 aliphatic carbocycles. The molecule has 0 N–H and O–H groups in total. The number of anilines is 2. The Hall–Kier alpha value is -5.24. The maximum Gasteiger partial charge on any atom is 0.343 e. The number of urea groups is 1. The van der Waals surface area contributed by atoms with Crippen molar-refractivity contribution in [3.8, 4) is 5.75 Å². The minimum atomic E-state index is -1.47. The van der Waals surface area contributed by atoms with Crippen molar-refractivity contribution in [2.24, 2.45) is 0 Å². The smallest absolute Gasteiger partial charge is 0.343 e. The third kappa shape index (κ3) is 4.18. The number of fused-ring (bicyclic) bond motifs is 1. The van der Waals surface area contributed by atoms with Gasteiger partial charge in [-0.25, -0.2) is 14.6 Å². The molecule has 0 saturated carbocycles. The summed E-state index contributed by atoms with van der Waals surface area (Å²) in [5.74, 6) is -3.06. The number of nitrogens with zero attached hydrogens (tertiary/aromatic N) is 2. The van der Waals surface area contributed by atoms with E-state index in [-0.39, 0.29) is 22.4 Å². The summed E-state index contributed by atoms with van der Waals surface area (Å²) in [6, 6.07) is 22.7. The molecule has 1 aliphatic rings. The first-order valence-electron chi connectivity index (χ1n) is 11.7. The van der Waals surface area contributed by atoms with E-state index >= 15 is 0 Å². The van der Waals surface area contributed by atoms with Gasteiger partial charge in [-0.05, 0) is 59.8 Å². The van der Waals surface area contributed by atoms with Crippen LogP contribution < -0.4 is 19.6 Å². The molecule has 1 fully saturated rings. The molecule has 0 atom stereocenters. The molecule has 0 spiro atoms. The number of carbonyl (C=O) groups excluding carboxylic acids is 4. The van der Waals surface area contributed by atoms with Gasteiger partial charge in [0, 0.05) is 10.9 Å². The van der Waals surface area contributed by atoms with Gasteiger partial charge in [0.1, 0.15) is 11.3 Å². The molecule has 0 unspecified atom stereocenters. The van der Waals surface area contributed by atoms with Gasteiger partial charge in [0.05, 0.1) is 24.5 Å². The summed E-state index contributed by atoms with van der Waals surface area (Å²) in [5.41, 5.74) is 1.13. The molecule has 1 heterocycles. The van der Waals surface area contributed by atoms with Crippen LogP contribution in [-0.4, -0.2) is 30.9 Å². The van der Waals surface area contributed by atoms with Crippen molar-refractivity contribution in [2.45, 2.75) is 6.92 Å². The summed E-state index contributed by atoms with van der Waals surface area (Å²) in [7, 11) is 1.32. The molecule has 188 valence electrons. The highest BCUT2D eigenvalue weighted by Gasteiger charge is 2.44. The Morgan fingerprint density at radius 1 is 0.842 bits per heavy atom. The summed E-state index contributed by atoms with van der Waals surface area (Å²) >= 11 is 0. The first-order chi connectivity index (χ1) is 18.3. The Morgan fingerprint density at radius 2 is 1.55 bits per heavy atom. The summed E-state index contributed by atoms with van der Waals surface area (Å²) < 4.78 is 5.07. The number of methoxy groups -OCH3 is 1. The second kappa shape index (κ2) is 9.67. The number of rotatable bonds is 5. The second-order valence-corrected chi connectivity index (χ2v) is 8.71. The lowest BCUT2D eigenvalue weighted by molar-refractivity contribution is -0.255. The predicted molar refractivity (Wildman–Crippen MR) is 141 cm³/mol. The number of hydrogen-bond acceptors (Lipinski definition) is 6. The average molecular weight is 506 g/mol. The lowest BCUT2D eigenvalue weighted by atomic mass is 10.0. The number of carbonyl (C=O) groups is 4. The molecule has 38 heavy (non-hydrogen) atoms. The summed E-state index contributed by atoms with van der Waals surface area (Å²) in [4.78, 5) is 54.8. The molecule has 5 rings (SSSR count). The van der Waals surface area contributed by atoms with Crippen LogP contribution in [-0.2, 0) is 9.59 Å². The van der Waals surface area contributed by atoms with Crippen LogP contribution in [0.4, 0.5) is 16.2 Å².